The Morgan fingerprint density at radius 1 is 1.60 bits per heavy atom. The van der Waals surface area contributed by atoms with E-state index in [1.807, 2.05) is 0 Å². The summed E-state index contributed by atoms with van der Waals surface area (Å²) in [6.07, 6.45) is 4.18. The number of aromatic nitrogens is 1. The quantitative estimate of drug-likeness (QED) is 0.851. The number of carbonyl (C=O) groups is 1. The van der Waals surface area contributed by atoms with Gasteiger partial charge in [-0.05, 0) is 44.7 Å². The maximum absolute atomic E-state index is 11.7. The highest BCUT2D eigenvalue weighted by atomic mass is 16.5. The first-order valence-electron chi connectivity index (χ1n) is 7.02. The van der Waals surface area contributed by atoms with Crippen molar-refractivity contribution >= 4 is 5.97 Å². The summed E-state index contributed by atoms with van der Waals surface area (Å²) in [5.41, 5.74) is -0.293. The second kappa shape index (κ2) is 6.10. The Labute approximate surface area is 118 Å². The molecule has 0 saturated heterocycles. The van der Waals surface area contributed by atoms with Crippen LogP contribution < -0.4 is 0 Å². The zero-order valence-corrected chi connectivity index (χ0v) is 11.7. The lowest BCUT2D eigenvalue weighted by molar-refractivity contribution is -0.151. The number of nitrogens with zero attached hydrogens (tertiary/aromatic N) is 2. The summed E-state index contributed by atoms with van der Waals surface area (Å²) in [5, 5.41) is 19.6. The van der Waals surface area contributed by atoms with Crippen LogP contribution in [0.1, 0.15) is 38.3 Å². The van der Waals surface area contributed by atoms with Gasteiger partial charge in [0, 0.05) is 6.20 Å². The van der Waals surface area contributed by atoms with Crippen molar-refractivity contribution in [3.8, 4) is 6.07 Å². The number of carbonyl (C=O) groups excluding carboxylic acids is 1. The van der Waals surface area contributed by atoms with Gasteiger partial charge >= 0.3 is 5.97 Å². The molecule has 0 amide bonds. The number of aliphatic hydroxyl groups is 1. The van der Waals surface area contributed by atoms with Gasteiger partial charge in [0.1, 0.15) is 11.8 Å². The fourth-order valence-electron chi connectivity index (χ4n) is 2.78. The van der Waals surface area contributed by atoms with Crippen molar-refractivity contribution in [3.63, 3.8) is 0 Å². The zero-order chi connectivity index (χ0) is 14.6. The van der Waals surface area contributed by atoms with Crippen molar-refractivity contribution in [1.29, 1.82) is 5.26 Å². The fraction of sp³-hybridized carbons (Fsp3) is 0.600. The molecule has 5 heteroatoms. The van der Waals surface area contributed by atoms with E-state index in [2.05, 4.69) is 6.07 Å². The maximum Gasteiger partial charge on any atom is 0.308 e. The Bertz CT molecular complexity index is 507. The molecule has 1 heterocycles. The van der Waals surface area contributed by atoms with E-state index in [1.54, 1.807) is 29.8 Å². The van der Waals surface area contributed by atoms with Gasteiger partial charge in [-0.1, -0.05) is 0 Å². The Kier molecular flexibility index (Phi) is 4.46. The minimum absolute atomic E-state index is 0.102. The van der Waals surface area contributed by atoms with Gasteiger partial charge in [0.05, 0.1) is 24.7 Å². The molecule has 1 aliphatic carbocycles. The normalized spacial score (nSPS) is 25.9. The third kappa shape index (κ3) is 3.20. The van der Waals surface area contributed by atoms with E-state index in [1.165, 1.54) is 0 Å². The molecule has 0 spiro atoms. The lowest BCUT2D eigenvalue weighted by atomic mass is 9.78. The van der Waals surface area contributed by atoms with Crippen LogP contribution in [0.5, 0.6) is 0 Å². The summed E-state index contributed by atoms with van der Waals surface area (Å²) in [4.78, 5) is 11.7. The van der Waals surface area contributed by atoms with Crippen LogP contribution in [0.4, 0.5) is 0 Å². The van der Waals surface area contributed by atoms with E-state index in [-0.39, 0.29) is 11.9 Å². The highest BCUT2D eigenvalue weighted by molar-refractivity contribution is 5.72. The van der Waals surface area contributed by atoms with Crippen LogP contribution in [0.2, 0.25) is 0 Å². The summed E-state index contributed by atoms with van der Waals surface area (Å²) < 4.78 is 6.79. The summed E-state index contributed by atoms with van der Waals surface area (Å²) in [6, 6.07) is 5.63. The van der Waals surface area contributed by atoms with Gasteiger partial charge in [-0.15, -0.1) is 0 Å². The molecule has 0 unspecified atom stereocenters. The van der Waals surface area contributed by atoms with E-state index in [4.69, 9.17) is 10.00 Å². The second-order valence-corrected chi connectivity index (χ2v) is 5.38. The molecule has 1 N–H and O–H groups in total. The molecular formula is C15H20N2O3. The Morgan fingerprint density at radius 3 is 2.90 bits per heavy atom. The monoisotopic (exact) mass is 276 g/mol. The fourth-order valence-corrected chi connectivity index (χ4v) is 2.78. The molecule has 1 fully saturated rings. The molecule has 1 saturated carbocycles. The molecular weight excluding hydrogens is 256 g/mol. The third-order valence-electron chi connectivity index (χ3n) is 3.94. The smallest absolute Gasteiger partial charge is 0.308 e. The van der Waals surface area contributed by atoms with Gasteiger partial charge in [0.15, 0.2) is 0 Å². The number of hydrogen-bond acceptors (Lipinski definition) is 4. The van der Waals surface area contributed by atoms with Crippen LogP contribution in [0.15, 0.2) is 18.3 Å². The van der Waals surface area contributed by atoms with Gasteiger partial charge in [0.2, 0.25) is 0 Å². The minimum Gasteiger partial charge on any atom is -0.466 e. The summed E-state index contributed by atoms with van der Waals surface area (Å²) in [5.74, 6) is -0.261. The highest BCUT2D eigenvalue weighted by Crippen LogP contribution is 2.34. The third-order valence-corrected chi connectivity index (χ3v) is 3.94. The van der Waals surface area contributed by atoms with Crippen LogP contribution in [-0.4, -0.2) is 27.9 Å². The van der Waals surface area contributed by atoms with Gasteiger partial charge in [0.25, 0.3) is 0 Å². The predicted molar refractivity (Wildman–Crippen MR) is 72.7 cm³/mol. The van der Waals surface area contributed by atoms with Crippen molar-refractivity contribution in [1.82, 2.24) is 4.57 Å². The number of ether oxygens (including phenoxy) is 1. The largest absolute Gasteiger partial charge is 0.466 e. The lowest BCUT2D eigenvalue weighted by Gasteiger charge is -2.35. The predicted octanol–water partition coefficient (Wildman–Crippen LogP) is 1.84. The van der Waals surface area contributed by atoms with Crippen LogP contribution >= 0.6 is 0 Å². The molecule has 1 aromatic rings. The molecule has 2 rings (SSSR count). The zero-order valence-electron chi connectivity index (χ0n) is 11.7. The van der Waals surface area contributed by atoms with Crippen LogP contribution in [-0.2, 0) is 16.1 Å². The Balaban J connectivity index is 1.95. The van der Waals surface area contributed by atoms with E-state index >= 15 is 0 Å². The van der Waals surface area contributed by atoms with Crippen molar-refractivity contribution < 1.29 is 14.6 Å². The molecule has 20 heavy (non-hydrogen) atoms. The second-order valence-electron chi connectivity index (χ2n) is 5.38. The van der Waals surface area contributed by atoms with Crippen molar-refractivity contribution in [2.24, 2.45) is 5.92 Å². The Morgan fingerprint density at radius 2 is 2.30 bits per heavy atom. The SMILES string of the molecule is CCOC(=O)C1CCC(O)(Cn2cccc2C#N)CC1. The van der Waals surface area contributed by atoms with Gasteiger partial charge < -0.3 is 14.4 Å². The summed E-state index contributed by atoms with van der Waals surface area (Å²) in [7, 11) is 0. The van der Waals surface area contributed by atoms with E-state index in [0.29, 0.717) is 44.5 Å². The van der Waals surface area contributed by atoms with Gasteiger partial charge in [-0.25, -0.2) is 0 Å². The number of esters is 1. The Hall–Kier alpha value is -1.80. The number of hydrogen-bond donors (Lipinski definition) is 1. The molecule has 0 aromatic carbocycles. The van der Waals surface area contributed by atoms with Crippen LogP contribution in [0, 0.1) is 17.2 Å². The highest BCUT2D eigenvalue weighted by Gasteiger charge is 2.36. The molecule has 108 valence electrons. The van der Waals surface area contributed by atoms with Gasteiger partial charge in [-0.3, -0.25) is 4.79 Å². The van der Waals surface area contributed by atoms with Gasteiger partial charge in [-0.2, -0.15) is 5.26 Å². The van der Waals surface area contributed by atoms with E-state index < -0.39 is 5.60 Å². The molecule has 1 aliphatic rings. The molecule has 1 aromatic heterocycles. The minimum atomic E-state index is -0.840. The lowest BCUT2D eigenvalue weighted by Crippen LogP contribution is -2.40. The molecule has 0 bridgehead atoms. The first-order chi connectivity index (χ1) is 9.58. The first kappa shape index (κ1) is 14.6. The van der Waals surface area contributed by atoms with Crippen molar-refractivity contribution in [3.05, 3.63) is 24.0 Å². The summed E-state index contributed by atoms with van der Waals surface area (Å²) in [6.45, 7) is 2.60. The standard InChI is InChI=1S/C15H20N2O3/c1-2-20-14(18)12-5-7-15(19,8-6-12)11-17-9-3-4-13(17)10-16/h3-4,9,12,19H,2,5-8,11H2,1H3. The molecule has 0 radical (unpaired) electrons. The molecule has 0 atom stereocenters. The molecule has 5 nitrogen and oxygen atoms in total. The maximum atomic E-state index is 11.7. The number of rotatable bonds is 4. The molecule has 0 aliphatic heterocycles. The van der Waals surface area contributed by atoms with E-state index in [9.17, 15) is 9.90 Å². The van der Waals surface area contributed by atoms with Crippen LogP contribution in [0.3, 0.4) is 0 Å². The average molecular weight is 276 g/mol. The first-order valence-corrected chi connectivity index (χ1v) is 7.02. The topological polar surface area (TPSA) is 75.2 Å². The summed E-state index contributed by atoms with van der Waals surface area (Å²) >= 11 is 0. The average Bonchev–Trinajstić information content (AvgIpc) is 2.86. The van der Waals surface area contributed by atoms with Crippen LogP contribution in [0.25, 0.3) is 0 Å². The van der Waals surface area contributed by atoms with Crippen molar-refractivity contribution in [2.75, 3.05) is 6.61 Å². The van der Waals surface area contributed by atoms with E-state index in [0.717, 1.165) is 0 Å². The van der Waals surface area contributed by atoms with Crippen molar-refractivity contribution in [2.45, 2.75) is 44.8 Å². The number of nitriles is 1.